The van der Waals surface area contributed by atoms with Gasteiger partial charge in [-0.15, -0.1) is 4.98 Å². The Morgan fingerprint density at radius 2 is 1.86 bits per heavy atom. The summed E-state index contributed by atoms with van der Waals surface area (Å²) in [7, 11) is 5.07. The molecule has 0 spiro atoms. The molecule has 1 aromatic carbocycles. The number of fused-ring (bicyclic) bond motifs is 1. The highest BCUT2D eigenvalue weighted by Gasteiger charge is 2.18. The molecule has 0 bridgehead atoms. The van der Waals surface area contributed by atoms with E-state index in [0.29, 0.717) is 39.8 Å². The highest BCUT2D eigenvalue weighted by Crippen LogP contribution is 2.38. The lowest BCUT2D eigenvalue weighted by molar-refractivity contribution is 0.418. The van der Waals surface area contributed by atoms with Crippen molar-refractivity contribution < 1.29 is 4.74 Å². The fourth-order valence-corrected chi connectivity index (χ4v) is 3.83. The van der Waals surface area contributed by atoms with Crippen molar-refractivity contribution in [2.75, 3.05) is 17.7 Å². The van der Waals surface area contributed by atoms with Crippen molar-refractivity contribution in [2.24, 2.45) is 14.1 Å². The second kappa shape index (κ2) is 8.68. The molecule has 11 nitrogen and oxygen atoms in total. The van der Waals surface area contributed by atoms with E-state index in [9.17, 15) is 4.79 Å². The van der Waals surface area contributed by atoms with Crippen LogP contribution in [0.4, 0.5) is 28.8 Å². The number of benzene rings is 1. The van der Waals surface area contributed by atoms with Gasteiger partial charge in [0.25, 0.3) is 11.4 Å². The molecule has 11 heteroatoms. The fraction of sp³-hybridized carbons (Fsp3) is 0.125. The first-order valence-corrected chi connectivity index (χ1v) is 10.6. The van der Waals surface area contributed by atoms with E-state index in [-0.39, 0.29) is 11.4 Å². The molecule has 4 heterocycles. The number of aryl methyl sites for hydroxylation is 2. The third-order valence-corrected chi connectivity index (χ3v) is 5.39. The van der Waals surface area contributed by atoms with E-state index in [4.69, 9.17) is 11.3 Å². The molecular weight excluding hydrogens is 446 g/mol. The lowest BCUT2D eigenvalue weighted by Crippen LogP contribution is -2.12. The minimum Gasteiger partial charge on any atom is -0.494 e. The van der Waals surface area contributed by atoms with Gasteiger partial charge in [-0.1, -0.05) is 18.7 Å². The van der Waals surface area contributed by atoms with Gasteiger partial charge in [0, 0.05) is 38.0 Å². The SMILES string of the molecule is [C-]#[N+]c1cccc(Nc2cc(Nc3cccc(-c4ccn(C)n4)c3OC)c3c(=O)n(C)[nH]c3n2)n1. The van der Waals surface area contributed by atoms with E-state index in [1.807, 2.05) is 37.5 Å². The third kappa shape index (κ3) is 4.04. The average molecular weight is 467 g/mol. The van der Waals surface area contributed by atoms with E-state index in [1.54, 1.807) is 43.1 Å². The number of hydrogen-bond acceptors (Lipinski definition) is 7. The Kier molecular flexibility index (Phi) is 5.39. The van der Waals surface area contributed by atoms with Crippen molar-refractivity contribution >= 4 is 39.9 Å². The number of nitrogens with zero attached hydrogens (tertiary/aromatic N) is 6. The maximum atomic E-state index is 12.9. The minimum atomic E-state index is -0.227. The van der Waals surface area contributed by atoms with E-state index in [0.717, 1.165) is 11.3 Å². The van der Waals surface area contributed by atoms with Crippen LogP contribution in [0.15, 0.2) is 59.5 Å². The first-order valence-electron chi connectivity index (χ1n) is 10.6. The van der Waals surface area contributed by atoms with E-state index >= 15 is 0 Å². The molecule has 0 unspecified atom stereocenters. The normalized spacial score (nSPS) is 10.8. The van der Waals surface area contributed by atoms with Gasteiger partial charge in [-0.2, -0.15) is 5.10 Å². The molecule has 0 atom stereocenters. The number of aromatic amines is 1. The summed E-state index contributed by atoms with van der Waals surface area (Å²) < 4.78 is 8.83. The molecule has 0 saturated heterocycles. The van der Waals surface area contributed by atoms with Crippen LogP contribution in [-0.4, -0.2) is 36.6 Å². The number of hydrogen-bond donors (Lipinski definition) is 3. The van der Waals surface area contributed by atoms with Crippen molar-refractivity contribution in [2.45, 2.75) is 0 Å². The van der Waals surface area contributed by atoms with Crippen LogP contribution in [-0.2, 0) is 14.1 Å². The third-order valence-electron chi connectivity index (χ3n) is 5.39. The number of ether oxygens (including phenoxy) is 1. The molecule has 0 aliphatic rings. The summed E-state index contributed by atoms with van der Waals surface area (Å²) in [5.41, 5.74) is 2.92. The van der Waals surface area contributed by atoms with Crippen molar-refractivity contribution in [3.8, 4) is 17.0 Å². The van der Waals surface area contributed by atoms with Crippen molar-refractivity contribution in [3.63, 3.8) is 0 Å². The molecule has 174 valence electrons. The number of anilines is 4. The summed E-state index contributed by atoms with van der Waals surface area (Å²) >= 11 is 0. The Bertz CT molecular complexity index is 1660. The molecular formula is C24H21N9O2. The summed E-state index contributed by atoms with van der Waals surface area (Å²) in [6.07, 6.45) is 1.86. The highest BCUT2D eigenvalue weighted by atomic mass is 16.5. The van der Waals surface area contributed by atoms with Crippen molar-refractivity contribution in [1.82, 2.24) is 29.5 Å². The van der Waals surface area contributed by atoms with E-state index in [2.05, 4.69) is 35.6 Å². The number of H-pyrrole nitrogens is 1. The number of para-hydroxylation sites is 1. The van der Waals surface area contributed by atoms with Gasteiger partial charge in [0.1, 0.15) is 11.2 Å². The summed E-state index contributed by atoms with van der Waals surface area (Å²) in [6.45, 7) is 7.18. The quantitative estimate of drug-likeness (QED) is 0.322. The number of rotatable bonds is 6. The number of methoxy groups -OCH3 is 1. The molecule has 0 saturated carbocycles. The maximum Gasteiger partial charge on any atom is 0.277 e. The topological polar surface area (TPSA) is 119 Å². The van der Waals surface area contributed by atoms with Crippen LogP contribution in [0, 0.1) is 6.57 Å². The second-order valence-electron chi connectivity index (χ2n) is 7.76. The molecule has 0 amide bonds. The van der Waals surface area contributed by atoms with Crippen LogP contribution >= 0.6 is 0 Å². The van der Waals surface area contributed by atoms with Crippen LogP contribution < -0.4 is 20.9 Å². The van der Waals surface area contributed by atoms with Gasteiger partial charge in [0.2, 0.25) is 5.82 Å². The molecule has 0 aliphatic carbocycles. The van der Waals surface area contributed by atoms with Gasteiger partial charge in [-0.05, 0) is 24.3 Å². The first kappa shape index (κ1) is 21.7. The Balaban J connectivity index is 1.61. The number of nitrogens with one attached hydrogen (secondary N) is 3. The molecule has 0 fully saturated rings. The van der Waals surface area contributed by atoms with E-state index < -0.39 is 0 Å². The molecule has 3 N–H and O–H groups in total. The summed E-state index contributed by atoms with van der Waals surface area (Å²) in [6, 6.07) is 14.4. The number of aromatic nitrogens is 6. The van der Waals surface area contributed by atoms with Gasteiger partial charge < -0.3 is 20.2 Å². The van der Waals surface area contributed by atoms with Gasteiger partial charge in [0.15, 0.2) is 11.4 Å². The Labute approximate surface area is 199 Å². The molecule has 5 aromatic rings. The van der Waals surface area contributed by atoms with Crippen molar-refractivity contribution in [1.29, 1.82) is 0 Å². The number of pyridine rings is 2. The fourth-order valence-electron chi connectivity index (χ4n) is 3.83. The lowest BCUT2D eigenvalue weighted by atomic mass is 10.1. The zero-order valence-electron chi connectivity index (χ0n) is 19.2. The van der Waals surface area contributed by atoms with Crippen LogP contribution in [0.1, 0.15) is 0 Å². The second-order valence-corrected chi connectivity index (χ2v) is 7.76. The molecule has 4 aromatic heterocycles. The molecule has 0 aliphatic heterocycles. The summed E-state index contributed by atoms with van der Waals surface area (Å²) in [5.74, 6) is 1.75. The first-order chi connectivity index (χ1) is 17.0. The predicted octanol–water partition coefficient (Wildman–Crippen LogP) is 4.10. The Morgan fingerprint density at radius 3 is 2.60 bits per heavy atom. The average Bonchev–Trinajstić information content (AvgIpc) is 3.41. The Hall–Kier alpha value is -5.11. The van der Waals surface area contributed by atoms with Crippen LogP contribution in [0.5, 0.6) is 5.75 Å². The largest absolute Gasteiger partial charge is 0.494 e. The van der Waals surface area contributed by atoms with Gasteiger partial charge >= 0.3 is 0 Å². The summed E-state index contributed by atoms with van der Waals surface area (Å²) in [4.78, 5) is 25.0. The summed E-state index contributed by atoms with van der Waals surface area (Å²) in [5, 5.41) is 14.3. The molecule has 0 radical (unpaired) electrons. The zero-order valence-corrected chi connectivity index (χ0v) is 19.2. The van der Waals surface area contributed by atoms with Gasteiger partial charge in [0.05, 0.1) is 24.2 Å². The van der Waals surface area contributed by atoms with Gasteiger partial charge in [-0.25, -0.2) is 4.98 Å². The van der Waals surface area contributed by atoms with Crippen molar-refractivity contribution in [3.05, 3.63) is 76.5 Å². The standard InChI is InChI=1S/C24H21N9O2/c1-25-18-9-6-10-19(27-18)28-20-13-17(21-23(29-20)31-33(3)24(21)34)26-16-8-5-7-14(22(16)35-4)15-11-12-32(2)30-15/h5-13H,2-4H3,(H3,26,27,28,29,31). The molecule has 5 rings (SSSR count). The highest BCUT2D eigenvalue weighted by molar-refractivity contribution is 5.94. The minimum absolute atomic E-state index is 0.227. The van der Waals surface area contributed by atoms with Crippen LogP contribution in [0.25, 0.3) is 27.1 Å². The predicted molar refractivity (Wildman–Crippen MR) is 134 cm³/mol. The Morgan fingerprint density at radius 1 is 1.03 bits per heavy atom. The maximum absolute atomic E-state index is 12.9. The van der Waals surface area contributed by atoms with Crippen LogP contribution in [0.3, 0.4) is 0 Å². The molecule has 35 heavy (non-hydrogen) atoms. The van der Waals surface area contributed by atoms with Gasteiger partial charge in [-0.3, -0.25) is 19.3 Å². The van der Waals surface area contributed by atoms with E-state index in [1.165, 1.54) is 4.68 Å². The lowest BCUT2D eigenvalue weighted by Gasteiger charge is -2.15. The monoisotopic (exact) mass is 467 g/mol. The van der Waals surface area contributed by atoms with Crippen LogP contribution in [0.2, 0.25) is 0 Å². The zero-order chi connectivity index (χ0) is 24.5. The smallest absolute Gasteiger partial charge is 0.277 e.